The van der Waals surface area contributed by atoms with E-state index < -0.39 is 0 Å². The molecule has 7 nitrogen and oxygen atoms in total. The van der Waals surface area contributed by atoms with Gasteiger partial charge in [0.15, 0.2) is 0 Å². The Morgan fingerprint density at radius 3 is 2.41 bits per heavy atom. The number of aryl methyl sites for hydroxylation is 4. The van der Waals surface area contributed by atoms with Crippen LogP contribution in [-0.2, 0) is 17.6 Å². The van der Waals surface area contributed by atoms with Crippen LogP contribution in [0.15, 0.2) is 60.7 Å². The lowest BCUT2D eigenvalue weighted by Crippen LogP contribution is -2.49. The maximum atomic E-state index is 13.3. The number of amides is 2. The smallest absolute Gasteiger partial charge is 0.254 e. The number of anilines is 2. The number of piperazine rings is 1. The fourth-order valence-corrected chi connectivity index (χ4v) is 4.93. The second-order valence-corrected chi connectivity index (χ2v) is 9.86. The molecule has 0 spiro atoms. The van der Waals surface area contributed by atoms with Crippen LogP contribution in [0.1, 0.15) is 39.8 Å². The number of nitrogens with one attached hydrogen (secondary N) is 2. The van der Waals surface area contributed by atoms with Crippen molar-refractivity contribution in [1.29, 1.82) is 0 Å². The Kier molecular flexibility index (Phi) is 6.95. The van der Waals surface area contributed by atoms with E-state index in [1.165, 1.54) is 29.3 Å². The van der Waals surface area contributed by atoms with Gasteiger partial charge in [0.1, 0.15) is 5.82 Å². The van der Waals surface area contributed by atoms with Crippen LogP contribution in [0.3, 0.4) is 0 Å². The standard InChI is InChI=1S/C30H33N5O2/c1-20-4-5-21(2)28(18-20)34-14-16-35(17-15-34)30(37)24-9-12-26-27(19-24)33-29(32-26)13-8-23-6-10-25(11-7-23)31-22(3)36/h4-7,9-12,18-19H,8,13-17H2,1-3H3,(H,31,36)(H,32,33). The summed E-state index contributed by atoms with van der Waals surface area (Å²) in [5, 5.41) is 2.78. The molecular formula is C30H33N5O2. The molecule has 0 bridgehead atoms. The quantitative estimate of drug-likeness (QED) is 0.399. The van der Waals surface area contributed by atoms with Crippen LogP contribution >= 0.6 is 0 Å². The number of carbonyl (C=O) groups excluding carboxylic acids is 2. The Hall–Kier alpha value is -4.13. The Balaban J connectivity index is 1.20. The summed E-state index contributed by atoms with van der Waals surface area (Å²) in [6, 6.07) is 20.1. The molecule has 190 valence electrons. The number of fused-ring (bicyclic) bond motifs is 1. The molecule has 37 heavy (non-hydrogen) atoms. The molecule has 0 unspecified atom stereocenters. The van der Waals surface area contributed by atoms with Gasteiger partial charge in [-0.3, -0.25) is 9.59 Å². The van der Waals surface area contributed by atoms with Crippen molar-refractivity contribution in [3.05, 3.63) is 88.7 Å². The van der Waals surface area contributed by atoms with Gasteiger partial charge in [0.05, 0.1) is 11.0 Å². The minimum atomic E-state index is -0.0764. The lowest BCUT2D eigenvalue weighted by atomic mass is 10.1. The Morgan fingerprint density at radius 2 is 1.68 bits per heavy atom. The molecule has 2 heterocycles. The van der Waals surface area contributed by atoms with E-state index in [0.29, 0.717) is 18.7 Å². The normalized spacial score (nSPS) is 13.7. The summed E-state index contributed by atoms with van der Waals surface area (Å²) in [7, 11) is 0. The summed E-state index contributed by atoms with van der Waals surface area (Å²) in [6.07, 6.45) is 1.59. The molecule has 0 radical (unpaired) electrons. The van der Waals surface area contributed by atoms with Crippen molar-refractivity contribution < 1.29 is 9.59 Å². The van der Waals surface area contributed by atoms with Crippen LogP contribution in [0.5, 0.6) is 0 Å². The molecule has 0 saturated carbocycles. The zero-order valence-electron chi connectivity index (χ0n) is 21.7. The zero-order valence-corrected chi connectivity index (χ0v) is 21.7. The number of hydrogen-bond donors (Lipinski definition) is 2. The van der Waals surface area contributed by atoms with Gasteiger partial charge < -0.3 is 20.1 Å². The topological polar surface area (TPSA) is 81.3 Å². The van der Waals surface area contributed by atoms with Crippen LogP contribution in [0, 0.1) is 13.8 Å². The fraction of sp³-hybridized carbons (Fsp3) is 0.300. The first-order valence-corrected chi connectivity index (χ1v) is 12.8. The van der Waals surface area contributed by atoms with Crippen molar-refractivity contribution in [2.45, 2.75) is 33.6 Å². The Labute approximate surface area is 217 Å². The molecule has 4 aromatic rings. The number of imidazole rings is 1. The fourth-order valence-electron chi connectivity index (χ4n) is 4.93. The average Bonchev–Trinajstić information content (AvgIpc) is 3.31. The van der Waals surface area contributed by atoms with E-state index >= 15 is 0 Å². The molecular weight excluding hydrogens is 462 g/mol. The molecule has 1 aliphatic heterocycles. The van der Waals surface area contributed by atoms with E-state index in [0.717, 1.165) is 48.5 Å². The Morgan fingerprint density at radius 1 is 0.919 bits per heavy atom. The van der Waals surface area contributed by atoms with Crippen molar-refractivity contribution in [3.63, 3.8) is 0 Å². The van der Waals surface area contributed by atoms with E-state index in [1.807, 2.05) is 47.4 Å². The lowest BCUT2D eigenvalue weighted by Gasteiger charge is -2.37. The molecule has 0 aliphatic carbocycles. The van der Waals surface area contributed by atoms with Gasteiger partial charge in [-0.25, -0.2) is 4.98 Å². The molecule has 3 aromatic carbocycles. The van der Waals surface area contributed by atoms with Crippen molar-refractivity contribution in [2.75, 3.05) is 36.4 Å². The van der Waals surface area contributed by atoms with Crippen LogP contribution in [0.25, 0.3) is 11.0 Å². The van der Waals surface area contributed by atoms with E-state index in [9.17, 15) is 9.59 Å². The van der Waals surface area contributed by atoms with Gasteiger partial charge >= 0.3 is 0 Å². The van der Waals surface area contributed by atoms with Gasteiger partial charge in [-0.05, 0) is 73.4 Å². The van der Waals surface area contributed by atoms with Crippen molar-refractivity contribution in [1.82, 2.24) is 14.9 Å². The third kappa shape index (κ3) is 5.66. The molecule has 1 fully saturated rings. The molecule has 2 N–H and O–H groups in total. The van der Waals surface area contributed by atoms with Gasteiger partial charge in [0.25, 0.3) is 5.91 Å². The summed E-state index contributed by atoms with van der Waals surface area (Å²) in [4.78, 5) is 36.9. The van der Waals surface area contributed by atoms with Crippen molar-refractivity contribution in [2.24, 2.45) is 0 Å². The number of carbonyl (C=O) groups is 2. The first-order chi connectivity index (χ1) is 17.9. The molecule has 0 atom stereocenters. The van der Waals surface area contributed by atoms with E-state index in [1.54, 1.807) is 0 Å². The molecule has 1 aliphatic rings. The molecule has 5 rings (SSSR count). The molecule has 7 heteroatoms. The lowest BCUT2D eigenvalue weighted by molar-refractivity contribution is -0.114. The van der Waals surface area contributed by atoms with Gasteiger partial charge in [-0.15, -0.1) is 0 Å². The third-order valence-corrected chi connectivity index (χ3v) is 6.97. The highest BCUT2D eigenvalue weighted by atomic mass is 16.2. The van der Waals surface area contributed by atoms with Crippen LogP contribution < -0.4 is 10.2 Å². The van der Waals surface area contributed by atoms with Gasteiger partial charge in [0.2, 0.25) is 5.91 Å². The van der Waals surface area contributed by atoms with Crippen LogP contribution in [0.2, 0.25) is 0 Å². The van der Waals surface area contributed by atoms with Gasteiger partial charge in [-0.2, -0.15) is 0 Å². The highest BCUT2D eigenvalue weighted by Crippen LogP contribution is 2.24. The molecule has 1 aromatic heterocycles. The first-order valence-electron chi connectivity index (χ1n) is 12.8. The summed E-state index contributed by atoms with van der Waals surface area (Å²) in [5.41, 5.74) is 8.20. The number of H-pyrrole nitrogens is 1. The largest absolute Gasteiger partial charge is 0.368 e. The highest BCUT2D eigenvalue weighted by Gasteiger charge is 2.23. The summed E-state index contributed by atoms with van der Waals surface area (Å²) >= 11 is 0. The van der Waals surface area contributed by atoms with Crippen molar-refractivity contribution in [3.8, 4) is 0 Å². The zero-order chi connectivity index (χ0) is 25.9. The maximum Gasteiger partial charge on any atom is 0.254 e. The number of aromatic amines is 1. The maximum absolute atomic E-state index is 13.3. The minimum absolute atomic E-state index is 0.0675. The molecule has 1 saturated heterocycles. The number of nitrogens with zero attached hydrogens (tertiary/aromatic N) is 3. The first kappa shape index (κ1) is 24.6. The highest BCUT2D eigenvalue weighted by molar-refractivity contribution is 5.97. The second kappa shape index (κ2) is 10.5. The van der Waals surface area contributed by atoms with E-state index in [-0.39, 0.29) is 11.8 Å². The van der Waals surface area contributed by atoms with Crippen LogP contribution in [-0.4, -0.2) is 52.9 Å². The predicted octanol–water partition coefficient (Wildman–Crippen LogP) is 4.89. The molecule has 2 amide bonds. The van der Waals surface area contributed by atoms with E-state index in [2.05, 4.69) is 47.2 Å². The monoisotopic (exact) mass is 495 g/mol. The summed E-state index contributed by atoms with van der Waals surface area (Å²) in [6.45, 7) is 8.84. The minimum Gasteiger partial charge on any atom is -0.368 e. The summed E-state index contributed by atoms with van der Waals surface area (Å²) in [5.74, 6) is 0.887. The second-order valence-electron chi connectivity index (χ2n) is 9.86. The number of benzene rings is 3. The summed E-state index contributed by atoms with van der Waals surface area (Å²) < 4.78 is 0. The predicted molar refractivity (Wildman–Crippen MR) is 148 cm³/mol. The van der Waals surface area contributed by atoms with Gasteiger partial charge in [-0.1, -0.05) is 24.3 Å². The Bertz CT molecular complexity index is 1430. The third-order valence-electron chi connectivity index (χ3n) is 6.97. The van der Waals surface area contributed by atoms with Crippen LogP contribution in [0.4, 0.5) is 11.4 Å². The van der Waals surface area contributed by atoms with Gasteiger partial charge in [0, 0.05) is 56.5 Å². The number of hydrogen-bond acceptors (Lipinski definition) is 4. The number of aromatic nitrogens is 2. The van der Waals surface area contributed by atoms with Crippen molar-refractivity contribution >= 4 is 34.2 Å². The number of rotatable bonds is 6. The average molecular weight is 496 g/mol. The van der Waals surface area contributed by atoms with E-state index in [4.69, 9.17) is 4.98 Å². The SMILES string of the molecule is CC(=O)Nc1ccc(CCc2nc3ccc(C(=O)N4CCN(c5cc(C)ccc5C)CC4)cc3[nH]2)cc1.